The quantitative estimate of drug-likeness (QED) is 0.579. The van der Waals surface area contributed by atoms with Crippen LogP contribution < -0.4 is 0 Å². The molecule has 0 heterocycles. The Kier molecular flexibility index (Phi) is 4.52. The lowest BCUT2D eigenvalue weighted by Crippen LogP contribution is -2.37. The average molecular weight is 238 g/mol. The molecule has 0 amide bonds. The van der Waals surface area contributed by atoms with Crippen molar-refractivity contribution in [3.8, 4) is 0 Å². The maximum absolute atomic E-state index is 6.13. The maximum atomic E-state index is 6.13. The molecule has 4 unspecified atom stereocenters. The number of rotatable bonds is 7. The Morgan fingerprint density at radius 1 is 1.24 bits per heavy atom. The summed E-state index contributed by atoms with van der Waals surface area (Å²) in [5.74, 6) is 1.98. The van der Waals surface area contributed by atoms with Crippen LogP contribution in [0.2, 0.25) is 0 Å². The van der Waals surface area contributed by atoms with Crippen molar-refractivity contribution in [2.24, 2.45) is 17.3 Å². The molecule has 4 atom stereocenters. The fourth-order valence-corrected chi connectivity index (χ4v) is 4.13. The van der Waals surface area contributed by atoms with Gasteiger partial charge in [-0.05, 0) is 49.9 Å². The van der Waals surface area contributed by atoms with E-state index in [2.05, 4.69) is 20.8 Å². The summed E-state index contributed by atoms with van der Waals surface area (Å²) in [6.07, 6.45) is 11.6. The van der Waals surface area contributed by atoms with Crippen LogP contribution >= 0.6 is 0 Å². The normalized spacial score (nSPS) is 37.6. The van der Waals surface area contributed by atoms with Gasteiger partial charge >= 0.3 is 0 Å². The summed E-state index contributed by atoms with van der Waals surface area (Å²) in [6, 6.07) is 0. The highest BCUT2D eigenvalue weighted by Crippen LogP contribution is 2.57. The van der Waals surface area contributed by atoms with Gasteiger partial charge in [0, 0.05) is 6.61 Å². The minimum Gasteiger partial charge on any atom is -0.378 e. The molecule has 0 aromatic carbocycles. The van der Waals surface area contributed by atoms with Gasteiger partial charge in [-0.25, -0.2) is 0 Å². The van der Waals surface area contributed by atoms with Crippen molar-refractivity contribution in [3.05, 3.63) is 0 Å². The number of ether oxygens (including phenoxy) is 1. The summed E-state index contributed by atoms with van der Waals surface area (Å²) < 4.78 is 6.13. The van der Waals surface area contributed by atoms with Gasteiger partial charge in [-0.3, -0.25) is 0 Å². The predicted octanol–water partition coefficient (Wildman–Crippen LogP) is 4.80. The zero-order valence-electron chi connectivity index (χ0n) is 12.0. The standard InChI is InChI=1S/C16H30O/c1-4-5-6-7-10-17-13(2)16(3)12-14-8-9-15(16)11-14/h13-15H,4-12H2,1-3H3. The van der Waals surface area contributed by atoms with E-state index in [0.29, 0.717) is 11.5 Å². The summed E-state index contributed by atoms with van der Waals surface area (Å²) in [6.45, 7) is 8.04. The molecule has 2 aliphatic carbocycles. The third-order valence-corrected chi connectivity index (χ3v) is 5.50. The van der Waals surface area contributed by atoms with Crippen molar-refractivity contribution >= 4 is 0 Å². The first-order valence-electron chi connectivity index (χ1n) is 7.78. The molecule has 0 N–H and O–H groups in total. The predicted molar refractivity (Wildman–Crippen MR) is 73.1 cm³/mol. The van der Waals surface area contributed by atoms with Gasteiger partial charge in [-0.15, -0.1) is 0 Å². The highest BCUT2D eigenvalue weighted by atomic mass is 16.5. The van der Waals surface area contributed by atoms with E-state index < -0.39 is 0 Å². The van der Waals surface area contributed by atoms with Crippen molar-refractivity contribution in [1.29, 1.82) is 0 Å². The first kappa shape index (κ1) is 13.4. The summed E-state index contributed by atoms with van der Waals surface area (Å²) >= 11 is 0. The van der Waals surface area contributed by atoms with Gasteiger partial charge in [-0.2, -0.15) is 0 Å². The van der Waals surface area contributed by atoms with Crippen LogP contribution in [0.15, 0.2) is 0 Å². The van der Waals surface area contributed by atoms with Gasteiger partial charge in [-0.1, -0.05) is 39.5 Å². The van der Waals surface area contributed by atoms with E-state index in [1.807, 2.05) is 0 Å². The van der Waals surface area contributed by atoms with Crippen LogP contribution in [0.1, 0.15) is 72.1 Å². The summed E-state index contributed by atoms with van der Waals surface area (Å²) in [5, 5.41) is 0. The van der Waals surface area contributed by atoms with Crippen LogP contribution in [0, 0.1) is 17.3 Å². The molecule has 1 nitrogen and oxygen atoms in total. The van der Waals surface area contributed by atoms with Crippen LogP contribution in [0.4, 0.5) is 0 Å². The highest BCUT2D eigenvalue weighted by molar-refractivity contribution is 5.00. The molecule has 1 heteroatoms. The Balaban J connectivity index is 1.70. The molecule has 0 saturated heterocycles. The Morgan fingerprint density at radius 3 is 2.65 bits per heavy atom. The van der Waals surface area contributed by atoms with Crippen molar-refractivity contribution in [2.45, 2.75) is 78.2 Å². The molecule has 0 aromatic rings. The lowest BCUT2D eigenvalue weighted by Gasteiger charge is -2.39. The Labute approximate surface area is 107 Å². The van der Waals surface area contributed by atoms with Gasteiger partial charge in [0.1, 0.15) is 0 Å². The first-order valence-corrected chi connectivity index (χ1v) is 7.78. The van der Waals surface area contributed by atoms with Crippen LogP contribution in [0.5, 0.6) is 0 Å². The highest BCUT2D eigenvalue weighted by Gasteiger charge is 2.50. The van der Waals surface area contributed by atoms with E-state index in [1.165, 1.54) is 51.4 Å². The second-order valence-corrected chi connectivity index (χ2v) is 6.66. The molecule has 17 heavy (non-hydrogen) atoms. The molecule has 0 radical (unpaired) electrons. The third-order valence-electron chi connectivity index (χ3n) is 5.50. The zero-order chi connectivity index (χ0) is 12.3. The fourth-order valence-electron chi connectivity index (χ4n) is 4.13. The lowest BCUT2D eigenvalue weighted by molar-refractivity contribution is -0.0495. The monoisotopic (exact) mass is 238 g/mol. The van der Waals surface area contributed by atoms with Crippen LogP contribution in [0.25, 0.3) is 0 Å². The Hall–Kier alpha value is -0.0400. The van der Waals surface area contributed by atoms with E-state index in [4.69, 9.17) is 4.74 Å². The van der Waals surface area contributed by atoms with Crippen LogP contribution in [-0.2, 0) is 4.74 Å². The summed E-state index contributed by atoms with van der Waals surface area (Å²) in [7, 11) is 0. The van der Waals surface area contributed by atoms with E-state index in [9.17, 15) is 0 Å². The smallest absolute Gasteiger partial charge is 0.0603 e. The minimum atomic E-state index is 0.472. The molecule has 2 fully saturated rings. The topological polar surface area (TPSA) is 9.23 Å². The molecular weight excluding hydrogens is 208 g/mol. The number of unbranched alkanes of at least 4 members (excludes halogenated alkanes) is 3. The van der Waals surface area contributed by atoms with E-state index in [-0.39, 0.29) is 0 Å². The Bertz CT molecular complexity index is 238. The van der Waals surface area contributed by atoms with Crippen molar-refractivity contribution in [2.75, 3.05) is 6.61 Å². The van der Waals surface area contributed by atoms with Gasteiger partial charge in [0.15, 0.2) is 0 Å². The van der Waals surface area contributed by atoms with Crippen molar-refractivity contribution in [1.82, 2.24) is 0 Å². The van der Waals surface area contributed by atoms with Gasteiger partial charge in [0.25, 0.3) is 0 Å². The van der Waals surface area contributed by atoms with E-state index >= 15 is 0 Å². The third kappa shape index (κ3) is 2.86. The molecular formula is C16H30O. The molecule has 0 spiro atoms. The second-order valence-electron chi connectivity index (χ2n) is 6.66. The van der Waals surface area contributed by atoms with Crippen LogP contribution in [0.3, 0.4) is 0 Å². The molecule has 2 bridgehead atoms. The SMILES string of the molecule is CCCCCCOC(C)C1(C)CC2CCC1C2. The fraction of sp³-hybridized carbons (Fsp3) is 1.00. The van der Waals surface area contributed by atoms with E-state index in [0.717, 1.165) is 18.4 Å². The minimum absolute atomic E-state index is 0.472. The molecule has 2 aliphatic rings. The van der Waals surface area contributed by atoms with Crippen molar-refractivity contribution < 1.29 is 4.74 Å². The van der Waals surface area contributed by atoms with Crippen molar-refractivity contribution in [3.63, 3.8) is 0 Å². The summed E-state index contributed by atoms with van der Waals surface area (Å²) in [4.78, 5) is 0. The maximum Gasteiger partial charge on any atom is 0.0603 e. The Morgan fingerprint density at radius 2 is 2.06 bits per heavy atom. The van der Waals surface area contributed by atoms with E-state index in [1.54, 1.807) is 0 Å². The number of hydrogen-bond acceptors (Lipinski definition) is 1. The molecule has 2 saturated carbocycles. The van der Waals surface area contributed by atoms with Gasteiger partial charge in [0.05, 0.1) is 6.10 Å². The molecule has 0 aliphatic heterocycles. The summed E-state index contributed by atoms with van der Waals surface area (Å²) in [5.41, 5.74) is 0.494. The number of hydrogen-bond donors (Lipinski definition) is 0. The molecule has 0 aromatic heterocycles. The molecule has 100 valence electrons. The van der Waals surface area contributed by atoms with Gasteiger partial charge in [0.2, 0.25) is 0 Å². The first-order chi connectivity index (χ1) is 8.16. The lowest BCUT2D eigenvalue weighted by atomic mass is 9.71. The second kappa shape index (κ2) is 5.73. The van der Waals surface area contributed by atoms with Crippen LogP contribution in [-0.4, -0.2) is 12.7 Å². The van der Waals surface area contributed by atoms with Gasteiger partial charge < -0.3 is 4.74 Å². The molecule has 2 rings (SSSR count). The number of fused-ring (bicyclic) bond motifs is 2. The average Bonchev–Trinajstić information content (AvgIpc) is 2.89. The zero-order valence-corrected chi connectivity index (χ0v) is 12.0. The largest absolute Gasteiger partial charge is 0.378 e.